The number of hydrogen-bond acceptors (Lipinski definition) is 9. The molecule has 3 fully saturated rings. The summed E-state index contributed by atoms with van der Waals surface area (Å²) in [6.07, 6.45) is 0.242. The van der Waals surface area contributed by atoms with Crippen molar-refractivity contribution >= 4 is 46.0 Å². The van der Waals surface area contributed by atoms with Crippen LogP contribution >= 0.6 is 0 Å². The number of alkyl halides is 2. The summed E-state index contributed by atoms with van der Waals surface area (Å²) in [6, 6.07) is 9.27. The summed E-state index contributed by atoms with van der Waals surface area (Å²) in [5, 5.41) is 21.5. The molecule has 17 heteroatoms. The molecule has 2 aromatic heterocycles. The summed E-state index contributed by atoms with van der Waals surface area (Å²) in [4.78, 5) is 57.7. The van der Waals surface area contributed by atoms with Crippen molar-refractivity contribution in [2.24, 2.45) is 0 Å². The summed E-state index contributed by atoms with van der Waals surface area (Å²) >= 11 is 0. The van der Waals surface area contributed by atoms with E-state index in [-0.39, 0.29) is 91.6 Å². The molecule has 2 aromatic carbocycles. The number of carbonyl (C=O) groups is 4. The highest BCUT2D eigenvalue weighted by Crippen LogP contribution is 2.36. The second-order valence-electron chi connectivity index (χ2n) is 15.2. The number of rotatable bonds is 10. The van der Waals surface area contributed by atoms with Crippen LogP contribution in [0.25, 0.3) is 10.9 Å². The van der Waals surface area contributed by atoms with Gasteiger partial charge in [-0.15, -0.1) is 0 Å². The van der Waals surface area contributed by atoms with Gasteiger partial charge >= 0.3 is 0 Å². The monoisotopic (exact) mass is 793 g/mol. The third-order valence-electron chi connectivity index (χ3n) is 10.9. The van der Waals surface area contributed by atoms with Crippen molar-refractivity contribution < 1.29 is 46.6 Å². The van der Waals surface area contributed by atoms with E-state index in [0.29, 0.717) is 36.8 Å². The smallest absolute Gasteiger partial charge is 0.280 e. The first-order valence-corrected chi connectivity index (χ1v) is 19.0. The molecule has 5 heterocycles. The first-order valence-electron chi connectivity index (χ1n) is 19.0. The highest BCUT2D eigenvalue weighted by molar-refractivity contribution is 6.08. The molecule has 0 spiro atoms. The zero-order valence-corrected chi connectivity index (χ0v) is 31.4. The number of fused-ring (bicyclic) bond motifs is 1. The zero-order valence-electron chi connectivity index (χ0n) is 31.4. The molecule has 7 rings (SSSR count). The van der Waals surface area contributed by atoms with Gasteiger partial charge in [0.25, 0.3) is 12.3 Å². The predicted molar refractivity (Wildman–Crippen MR) is 200 cm³/mol. The summed E-state index contributed by atoms with van der Waals surface area (Å²) in [7, 11) is 0. The molecular formula is C40H43F4N7O6. The molecule has 302 valence electrons. The van der Waals surface area contributed by atoms with Crippen molar-refractivity contribution in [3.63, 3.8) is 0 Å². The van der Waals surface area contributed by atoms with Crippen molar-refractivity contribution in [1.82, 2.24) is 25.0 Å². The van der Waals surface area contributed by atoms with E-state index in [2.05, 4.69) is 15.6 Å². The van der Waals surface area contributed by atoms with Gasteiger partial charge in [-0.25, -0.2) is 22.5 Å². The molecule has 0 saturated carbocycles. The van der Waals surface area contributed by atoms with E-state index in [1.165, 1.54) is 18.2 Å². The molecule has 13 nitrogen and oxygen atoms in total. The van der Waals surface area contributed by atoms with Crippen LogP contribution in [0.15, 0.2) is 48.7 Å². The average molecular weight is 794 g/mol. The Morgan fingerprint density at radius 1 is 1.02 bits per heavy atom. The van der Waals surface area contributed by atoms with Gasteiger partial charge in [0.1, 0.15) is 28.9 Å². The van der Waals surface area contributed by atoms with Gasteiger partial charge in [0, 0.05) is 61.9 Å². The van der Waals surface area contributed by atoms with E-state index >= 15 is 8.78 Å². The average Bonchev–Trinajstić information content (AvgIpc) is 3.59. The fraction of sp³-hybridized carbons (Fsp3) is 0.450. The molecule has 3 saturated heterocycles. The Morgan fingerprint density at radius 2 is 1.75 bits per heavy atom. The molecule has 1 unspecified atom stereocenters. The Bertz CT molecular complexity index is 2200. The second kappa shape index (κ2) is 16.1. The Kier molecular flexibility index (Phi) is 11.2. The van der Waals surface area contributed by atoms with E-state index < -0.39 is 53.0 Å². The maximum Gasteiger partial charge on any atom is 0.280 e. The van der Waals surface area contributed by atoms with Crippen LogP contribution in [0.2, 0.25) is 0 Å². The summed E-state index contributed by atoms with van der Waals surface area (Å²) in [5.41, 5.74) is -1.12. The van der Waals surface area contributed by atoms with Crippen LogP contribution in [0, 0.1) is 11.6 Å². The molecule has 3 aliphatic rings. The number of likely N-dealkylation sites (tertiary alicyclic amines) is 1. The number of carbonyl (C=O) groups excluding carboxylic acids is 4. The Labute approximate surface area is 325 Å². The predicted octanol–water partition coefficient (Wildman–Crippen LogP) is 5.79. The van der Waals surface area contributed by atoms with Crippen LogP contribution in [0.5, 0.6) is 5.75 Å². The normalized spacial score (nSPS) is 19.0. The van der Waals surface area contributed by atoms with Crippen LogP contribution < -0.4 is 20.3 Å². The van der Waals surface area contributed by atoms with Crippen molar-refractivity contribution in [2.75, 3.05) is 36.4 Å². The Morgan fingerprint density at radius 3 is 2.44 bits per heavy atom. The van der Waals surface area contributed by atoms with Crippen molar-refractivity contribution in [1.29, 1.82) is 0 Å². The highest BCUT2D eigenvalue weighted by Gasteiger charge is 2.38. The molecule has 0 bridgehead atoms. The summed E-state index contributed by atoms with van der Waals surface area (Å²) < 4.78 is 64.6. The van der Waals surface area contributed by atoms with Gasteiger partial charge in [-0.3, -0.25) is 29.2 Å². The lowest BCUT2D eigenvalue weighted by Gasteiger charge is -2.40. The largest absolute Gasteiger partial charge is 0.490 e. The zero-order chi connectivity index (χ0) is 40.6. The first-order chi connectivity index (χ1) is 27.2. The molecule has 4 amide bonds. The maximum absolute atomic E-state index is 15.3. The number of ether oxygens (including phenoxy) is 1. The number of nitrogens with zero attached hydrogens (tertiary/aromatic N) is 5. The number of anilines is 2. The van der Waals surface area contributed by atoms with E-state index in [1.54, 1.807) is 21.9 Å². The minimum Gasteiger partial charge on any atom is -0.490 e. The van der Waals surface area contributed by atoms with Gasteiger partial charge in [0.15, 0.2) is 0 Å². The van der Waals surface area contributed by atoms with E-state index in [9.17, 15) is 33.1 Å². The van der Waals surface area contributed by atoms with Gasteiger partial charge in [0.05, 0.1) is 46.9 Å². The van der Waals surface area contributed by atoms with E-state index in [1.807, 2.05) is 24.7 Å². The van der Waals surface area contributed by atoms with Crippen LogP contribution in [0.3, 0.4) is 0 Å². The fourth-order valence-electron chi connectivity index (χ4n) is 7.78. The number of imide groups is 1. The van der Waals surface area contributed by atoms with Crippen molar-refractivity contribution in [3.8, 4) is 5.75 Å². The molecule has 3 aliphatic heterocycles. The number of aliphatic hydroxyl groups is 1. The third-order valence-corrected chi connectivity index (χ3v) is 10.9. The number of halogens is 4. The Balaban J connectivity index is 0.952. The lowest BCUT2D eigenvalue weighted by atomic mass is 9.86. The molecule has 1 atom stereocenters. The standard InChI is InChI=1S/C40H43F4N7O6/c1-22(2)57-33-19-31-23(16-27(33)39(55)46-34-5-3-4-30(45-34)37(43)44)21-51(48-31)24-8-12-50(13-9-24)36(53)20-40(56)10-14-49(15-11-40)32-18-28(41)26(17-29(32)42)25-6-7-35(52)47-38(25)54/h3-5,16-19,21-22,24-25,37,56H,6-15,20H2,1-2H3,(H,45,46,55)(H,47,52,54). The number of piperidine rings is 3. The van der Waals surface area contributed by atoms with Crippen LogP contribution in [-0.4, -0.2) is 86.3 Å². The lowest BCUT2D eigenvalue weighted by Crippen LogP contribution is -2.49. The number of aromatic nitrogens is 3. The molecule has 57 heavy (non-hydrogen) atoms. The maximum atomic E-state index is 15.3. The van der Waals surface area contributed by atoms with Gasteiger partial charge in [0.2, 0.25) is 17.7 Å². The topological polar surface area (TPSA) is 159 Å². The minimum atomic E-state index is -2.79. The van der Waals surface area contributed by atoms with E-state index in [4.69, 9.17) is 9.84 Å². The fourth-order valence-corrected chi connectivity index (χ4v) is 7.78. The van der Waals surface area contributed by atoms with Crippen LogP contribution in [-0.2, 0) is 14.4 Å². The molecule has 4 aromatic rings. The first kappa shape index (κ1) is 39.6. The number of nitrogens with one attached hydrogen (secondary N) is 2. The number of pyridine rings is 1. The quantitative estimate of drug-likeness (QED) is 0.134. The second-order valence-corrected chi connectivity index (χ2v) is 15.2. The van der Waals surface area contributed by atoms with Gasteiger partial charge in [-0.1, -0.05) is 6.07 Å². The van der Waals surface area contributed by atoms with Crippen LogP contribution in [0.1, 0.15) is 98.8 Å². The van der Waals surface area contributed by atoms with Crippen molar-refractivity contribution in [2.45, 2.75) is 88.9 Å². The van der Waals surface area contributed by atoms with E-state index in [0.717, 1.165) is 12.1 Å². The number of benzene rings is 2. The highest BCUT2D eigenvalue weighted by atomic mass is 19.3. The van der Waals surface area contributed by atoms with Gasteiger partial charge in [-0.2, -0.15) is 5.10 Å². The van der Waals surface area contributed by atoms with Gasteiger partial charge in [-0.05, 0) is 70.2 Å². The Hall–Kier alpha value is -5.58. The lowest BCUT2D eigenvalue weighted by molar-refractivity contribution is -0.139. The molecule has 0 aliphatic carbocycles. The SMILES string of the molecule is CC(C)Oc1cc2nn(C3CCN(C(=O)CC4(O)CCN(c5cc(F)c(C6CCC(=O)NC6=O)cc5F)CC4)CC3)cc2cc1C(=O)Nc1cccc(C(F)F)n1. The summed E-state index contributed by atoms with van der Waals surface area (Å²) in [5.74, 6) is -4.08. The summed E-state index contributed by atoms with van der Waals surface area (Å²) in [6.45, 7) is 4.83. The third kappa shape index (κ3) is 8.72. The number of hydrogen-bond donors (Lipinski definition) is 3. The number of amides is 4. The molecular weight excluding hydrogens is 750 g/mol. The molecule has 3 N–H and O–H groups in total. The minimum absolute atomic E-state index is 0.00335. The van der Waals surface area contributed by atoms with Crippen molar-refractivity contribution in [3.05, 3.63) is 77.1 Å². The molecule has 0 radical (unpaired) electrons. The van der Waals surface area contributed by atoms with Crippen LogP contribution in [0.4, 0.5) is 29.1 Å². The van der Waals surface area contributed by atoms with Gasteiger partial charge < -0.3 is 25.0 Å².